The van der Waals surface area contributed by atoms with Crippen LogP contribution in [0.15, 0.2) is 0 Å². The summed E-state index contributed by atoms with van der Waals surface area (Å²) < 4.78 is 16.6. The average molecular weight is 390 g/mol. The van der Waals surface area contributed by atoms with Gasteiger partial charge in [0.15, 0.2) is 14.0 Å². The van der Waals surface area contributed by atoms with Crippen LogP contribution in [0.4, 0.5) is 4.79 Å². The Bertz CT molecular complexity index is 547. The van der Waals surface area contributed by atoms with Crippen molar-refractivity contribution in [1.29, 1.82) is 0 Å². The molecule has 0 spiro atoms. The second kappa shape index (κ2) is 7.13. The van der Waals surface area contributed by atoms with E-state index in [9.17, 15) is 14.7 Å². The summed E-state index contributed by atoms with van der Waals surface area (Å²) in [5, 5.41) is 11.1. The summed E-state index contributed by atoms with van der Waals surface area (Å²) in [6.45, 7) is 17.1. The summed E-state index contributed by atoms with van der Waals surface area (Å²) in [4.78, 5) is 26.0. The fourth-order valence-corrected chi connectivity index (χ4v) is 4.04. The third-order valence-corrected chi connectivity index (χ3v) is 9.64. The van der Waals surface area contributed by atoms with Crippen LogP contribution >= 0.6 is 0 Å². The zero-order valence-electron chi connectivity index (χ0n) is 17.8. The first-order chi connectivity index (χ1) is 11.4. The highest BCUT2D eigenvalue weighted by Gasteiger charge is 2.58. The molecule has 0 aromatic carbocycles. The normalized spacial score (nSPS) is 27.4. The predicted molar refractivity (Wildman–Crippen MR) is 101 cm³/mol. The molecule has 0 bridgehead atoms. The maximum absolute atomic E-state index is 12.7. The van der Waals surface area contributed by atoms with Gasteiger partial charge in [0, 0.05) is 6.42 Å². The van der Waals surface area contributed by atoms with Gasteiger partial charge in [-0.05, 0) is 45.8 Å². The Morgan fingerprint density at radius 3 is 2.04 bits per heavy atom. The van der Waals surface area contributed by atoms with Gasteiger partial charge in [-0.1, -0.05) is 20.8 Å². The first kappa shape index (κ1) is 22.9. The quantitative estimate of drug-likeness (QED) is 0.589. The van der Waals surface area contributed by atoms with E-state index in [4.69, 9.17) is 13.9 Å². The summed E-state index contributed by atoms with van der Waals surface area (Å²) >= 11 is 0. The molecular formula is C18H35NO6Si. The zero-order chi connectivity index (χ0) is 20.7. The first-order valence-corrected chi connectivity index (χ1v) is 11.8. The van der Waals surface area contributed by atoms with Gasteiger partial charge >= 0.3 is 12.1 Å². The number of methoxy groups -OCH3 is 1. The molecule has 1 rings (SSSR count). The van der Waals surface area contributed by atoms with Crippen molar-refractivity contribution in [2.24, 2.45) is 0 Å². The average Bonchev–Trinajstić information content (AvgIpc) is 2.65. The minimum atomic E-state index is -2.24. The van der Waals surface area contributed by atoms with Gasteiger partial charge in [0.25, 0.3) is 0 Å². The molecule has 1 fully saturated rings. The SMILES string of the molecule is COC(=O)C1CC(O[Si](C)(C)C(C)(C)C)C(C)(O)N1C(=O)OC(C)(C)C. The molecule has 0 aromatic heterocycles. The lowest BCUT2D eigenvalue weighted by Gasteiger charge is -2.42. The molecule has 8 heteroatoms. The van der Waals surface area contributed by atoms with E-state index in [0.29, 0.717) is 0 Å². The van der Waals surface area contributed by atoms with Crippen molar-refractivity contribution in [3.8, 4) is 0 Å². The highest BCUT2D eigenvalue weighted by molar-refractivity contribution is 6.74. The number of hydrogen-bond donors (Lipinski definition) is 1. The number of ether oxygens (including phenoxy) is 2. The predicted octanol–water partition coefficient (Wildman–Crippen LogP) is 3.27. The van der Waals surface area contributed by atoms with Crippen molar-refractivity contribution in [3.63, 3.8) is 0 Å². The topological polar surface area (TPSA) is 85.3 Å². The van der Waals surface area contributed by atoms with Crippen LogP contribution in [0.25, 0.3) is 0 Å². The Morgan fingerprint density at radius 2 is 1.65 bits per heavy atom. The Balaban J connectivity index is 3.23. The minimum absolute atomic E-state index is 0.0802. The van der Waals surface area contributed by atoms with Crippen LogP contribution in [0.2, 0.25) is 18.1 Å². The Morgan fingerprint density at radius 1 is 1.15 bits per heavy atom. The molecule has 1 amide bonds. The second-order valence-corrected chi connectivity index (χ2v) is 14.3. The second-order valence-electron chi connectivity index (χ2n) is 9.59. The van der Waals surface area contributed by atoms with Gasteiger partial charge in [-0.3, -0.25) is 4.90 Å². The molecule has 1 heterocycles. The van der Waals surface area contributed by atoms with Gasteiger partial charge in [0.2, 0.25) is 0 Å². The van der Waals surface area contributed by atoms with Crippen molar-refractivity contribution in [1.82, 2.24) is 4.90 Å². The lowest BCUT2D eigenvalue weighted by molar-refractivity contribution is -0.155. The van der Waals surface area contributed by atoms with Gasteiger partial charge < -0.3 is 19.0 Å². The van der Waals surface area contributed by atoms with Crippen LogP contribution < -0.4 is 0 Å². The molecule has 0 aromatic rings. The molecule has 1 saturated heterocycles. The van der Waals surface area contributed by atoms with E-state index >= 15 is 0 Å². The summed E-state index contributed by atoms with van der Waals surface area (Å²) in [5.74, 6) is -0.600. The highest BCUT2D eigenvalue weighted by Crippen LogP contribution is 2.43. The number of carbonyl (C=O) groups excluding carboxylic acids is 2. The number of hydrogen-bond acceptors (Lipinski definition) is 6. The zero-order valence-corrected chi connectivity index (χ0v) is 18.8. The molecule has 1 N–H and O–H groups in total. The molecule has 0 saturated carbocycles. The van der Waals surface area contributed by atoms with Gasteiger partial charge in [-0.25, -0.2) is 9.59 Å². The number of rotatable bonds is 3. The number of esters is 1. The van der Waals surface area contributed by atoms with Crippen LogP contribution in [0.3, 0.4) is 0 Å². The fourth-order valence-electron chi connectivity index (χ4n) is 2.66. The van der Waals surface area contributed by atoms with Crippen LogP contribution in [0.5, 0.6) is 0 Å². The van der Waals surface area contributed by atoms with Crippen LogP contribution in [0.1, 0.15) is 54.9 Å². The van der Waals surface area contributed by atoms with Gasteiger partial charge in [0.05, 0.1) is 13.2 Å². The van der Waals surface area contributed by atoms with Gasteiger partial charge in [-0.2, -0.15) is 0 Å². The van der Waals surface area contributed by atoms with Gasteiger partial charge in [0.1, 0.15) is 11.6 Å². The van der Waals surface area contributed by atoms with E-state index in [1.807, 2.05) is 0 Å². The summed E-state index contributed by atoms with van der Waals surface area (Å²) in [6.07, 6.45) is -1.31. The lowest BCUT2D eigenvalue weighted by Crippen LogP contribution is -2.58. The Labute approximate surface area is 158 Å². The minimum Gasteiger partial charge on any atom is -0.467 e. The van der Waals surface area contributed by atoms with Crippen molar-refractivity contribution in [2.45, 2.75) is 96.5 Å². The van der Waals surface area contributed by atoms with E-state index in [2.05, 4.69) is 33.9 Å². The summed E-state index contributed by atoms with van der Waals surface area (Å²) in [7, 11) is -0.979. The summed E-state index contributed by atoms with van der Waals surface area (Å²) in [5.41, 5.74) is -2.44. The molecule has 3 atom stereocenters. The van der Waals surface area contributed by atoms with E-state index in [1.165, 1.54) is 14.0 Å². The van der Waals surface area contributed by atoms with Crippen molar-refractivity contribution in [2.75, 3.05) is 7.11 Å². The smallest absolute Gasteiger partial charge is 0.413 e. The lowest BCUT2D eigenvalue weighted by atomic mass is 10.1. The van der Waals surface area contributed by atoms with Crippen molar-refractivity contribution < 1.29 is 28.6 Å². The number of carbonyl (C=O) groups is 2. The van der Waals surface area contributed by atoms with Crippen molar-refractivity contribution in [3.05, 3.63) is 0 Å². The van der Waals surface area contributed by atoms with Crippen LogP contribution in [0, 0.1) is 0 Å². The third-order valence-electron chi connectivity index (χ3n) is 5.15. The van der Waals surface area contributed by atoms with E-state index in [1.54, 1.807) is 20.8 Å². The monoisotopic (exact) mass is 389 g/mol. The maximum Gasteiger partial charge on any atom is 0.413 e. The number of aliphatic hydroxyl groups is 1. The molecule has 0 radical (unpaired) electrons. The molecule has 0 aliphatic carbocycles. The summed E-state index contributed by atoms with van der Waals surface area (Å²) in [6, 6.07) is -0.959. The Hall–Kier alpha value is -1.12. The van der Waals surface area contributed by atoms with E-state index < -0.39 is 43.9 Å². The van der Waals surface area contributed by atoms with Crippen LogP contribution in [-0.2, 0) is 18.7 Å². The number of nitrogens with zero attached hydrogens (tertiary/aromatic N) is 1. The molecule has 1 aliphatic rings. The fraction of sp³-hybridized carbons (Fsp3) is 0.889. The highest BCUT2D eigenvalue weighted by atomic mass is 28.4. The maximum atomic E-state index is 12.7. The molecule has 3 unspecified atom stereocenters. The Kier molecular flexibility index (Phi) is 6.28. The van der Waals surface area contributed by atoms with Gasteiger partial charge in [-0.15, -0.1) is 0 Å². The largest absolute Gasteiger partial charge is 0.467 e. The van der Waals surface area contributed by atoms with E-state index in [0.717, 1.165) is 4.90 Å². The number of likely N-dealkylation sites (tertiary alicyclic amines) is 1. The van der Waals surface area contributed by atoms with Crippen LogP contribution in [-0.4, -0.2) is 61.0 Å². The third kappa shape index (κ3) is 4.78. The molecular weight excluding hydrogens is 354 g/mol. The first-order valence-electron chi connectivity index (χ1n) is 8.94. The number of amides is 1. The molecule has 152 valence electrons. The van der Waals surface area contributed by atoms with Crippen molar-refractivity contribution >= 4 is 20.4 Å². The van der Waals surface area contributed by atoms with E-state index in [-0.39, 0.29) is 11.5 Å². The molecule has 1 aliphatic heterocycles. The standard InChI is InChI=1S/C18H35NO6Si/c1-16(2,3)24-15(21)19-12(14(20)23-8)11-13(18(19,7)22)25-26(9,10)17(4,5)6/h12-13,22H,11H2,1-10H3. The molecule has 7 nitrogen and oxygen atoms in total. The molecule has 26 heavy (non-hydrogen) atoms.